The number of nitrogens with zero attached hydrogens (tertiary/aromatic N) is 2. The minimum absolute atomic E-state index is 0.517. The summed E-state index contributed by atoms with van der Waals surface area (Å²) in [5, 5.41) is 21.5. The van der Waals surface area contributed by atoms with Crippen molar-refractivity contribution >= 4 is 19.1 Å². The van der Waals surface area contributed by atoms with Crippen LogP contribution in [-0.4, -0.2) is 17.6 Å². The van der Waals surface area contributed by atoms with E-state index in [4.69, 9.17) is 0 Å². The first-order valence-electron chi connectivity index (χ1n) is 10.5. The second-order valence-electron chi connectivity index (χ2n) is 8.96. The molecular formula is C25H32N2OSi. The fourth-order valence-corrected chi connectivity index (χ4v) is 12.1. The van der Waals surface area contributed by atoms with E-state index in [1.165, 1.54) is 5.52 Å². The predicted molar refractivity (Wildman–Crippen MR) is 124 cm³/mol. The van der Waals surface area contributed by atoms with Gasteiger partial charge in [0.1, 0.15) is 6.10 Å². The van der Waals surface area contributed by atoms with Crippen LogP contribution >= 0.6 is 0 Å². The van der Waals surface area contributed by atoms with E-state index in [1.54, 1.807) is 6.07 Å². The lowest BCUT2D eigenvalue weighted by atomic mass is 9.97. The molecular weight excluding hydrogens is 372 g/mol. The molecule has 1 unspecified atom stereocenters. The zero-order chi connectivity index (χ0) is 21.3. The molecule has 0 saturated heterocycles. The maximum atomic E-state index is 10.9. The number of benzene rings is 2. The molecule has 0 fully saturated rings. The van der Waals surface area contributed by atoms with E-state index in [9.17, 15) is 10.4 Å². The SMILES string of the molecule is CC(C)[Si](C(C)C)(C(C)C)n1ccc2cc(C(O)c3ccccc3C#N)ccc21. The Kier molecular flexibility index (Phi) is 6.02. The Hall–Kier alpha value is -2.35. The number of aliphatic hydroxyl groups excluding tert-OH is 1. The number of nitriles is 1. The third-order valence-electron chi connectivity index (χ3n) is 6.60. The first-order chi connectivity index (χ1) is 13.7. The van der Waals surface area contributed by atoms with E-state index < -0.39 is 14.3 Å². The number of aromatic nitrogens is 1. The first-order valence-corrected chi connectivity index (χ1v) is 12.7. The zero-order valence-corrected chi connectivity index (χ0v) is 19.3. The zero-order valence-electron chi connectivity index (χ0n) is 18.3. The molecule has 1 N–H and O–H groups in total. The average molecular weight is 405 g/mol. The van der Waals surface area contributed by atoms with Crippen LogP contribution in [-0.2, 0) is 0 Å². The van der Waals surface area contributed by atoms with Crippen molar-refractivity contribution in [1.29, 1.82) is 5.26 Å². The Balaban J connectivity index is 2.12. The molecule has 3 rings (SSSR count). The monoisotopic (exact) mass is 404 g/mol. The summed E-state index contributed by atoms with van der Waals surface area (Å²) < 4.78 is 2.59. The summed E-state index contributed by atoms with van der Waals surface area (Å²) in [7, 11) is -1.83. The Labute approximate surface area is 175 Å². The first kappa shape index (κ1) is 21.4. The van der Waals surface area contributed by atoms with Crippen molar-refractivity contribution in [1.82, 2.24) is 4.23 Å². The highest BCUT2D eigenvalue weighted by atomic mass is 28.3. The van der Waals surface area contributed by atoms with Gasteiger partial charge in [0, 0.05) is 11.1 Å². The van der Waals surface area contributed by atoms with Crippen LogP contribution in [0.1, 0.15) is 64.3 Å². The van der Waals surface area contributed by atoms with E-state index in [1.807, 2.05) is 24.3 Å². The van der Waals surface area contributed by atoms with E-state index in [0.29, 0.717) is 27.8 Å². The largest absolute Gasteiger partial charge is 0.384 e. The van der Waals surface area contributed by atoms with Gasteiger partial charge in [0.2, 0.25) is 0 Å². The summed E-state index contributed by atoms with van der Waals surface area (Å²) in [5.74, 6) is 0. The summed E-state index contributed by atoms with van der Waals surface area (Å²) >= 11 is 0. The summed E-state index contributed by atoms with van der Waals surface area (Å²) in [5.41, 5.74) is 5.09. The second kappa shape index (κ2) is 8.18. The minimum Gasteiger partial charge on any atom is -0.384 e. The normalized spacial score (nSPS) is 13.4. The maximum absolute atomic E-state index is 10.9. The Morgan fingerprint density at radius 1 is 0.897 bits per heavy atom. The van der Waals surface area contributed by atoms with Crippen molar-refractivity contribution in [3.63, 3.8) is 0 Å². The van der Waals surface area contributed by atoms with Gasteiger partial charge in [0.25, 0.3) is 0 Å². The van der Waals surface area contributed by atoms with Gasteiger partial charge >= 0.3 is 0 Å². The van der Waals surface area contributed by atoms with Crippen LogP contribution in [0.5, 0.6) is 0 Å². The summed E-state index contributed by atoms with van der Waals surface area (Å²) in [6, 6.07) is 17.9. The van der Waals surface area contributed by atoms with Gasteiger partial charge in [-0.05, 0) is 58.0 Å². The van der Waals surface area contributed by atoms with Crippen molar-refractivity contribution in [2.45, 2.75) is 64.3 Å². The quantitative estimate of drug-likeness (QED) is 0.469. The van der Waals surface area contributed by atoms with Crippen LogP contribution in [0.3, 0.4) is 0 Å². The lowest BCUT2D eigenvalue weighted by molar-refractivity contribution is 0.220. The van der Waals surface area contributed by atoms with E-state index in [2.05, 4.69) is 76.2 Å². The molecule has 0 radical (unpaired) electrons. The molecule has 0 saturated carbocycles. The Bertz CT molecular complexity index is 1020. The number of fused-ring (bicyclic) bond motifs is 1. The van der Waals surface area contributed by atoms with Gasteiger partial charge in [-0.15, -0.1) is 0 Å². The third kappa shape index (κ3) is 3.43. The number of hydrogen-bond donors (Lipinski definition) is 1. The third-order valence-corrected chi connectivity index (χ3v) is 13.4. The molecule has 0 bridgehead atoms. The number of aliphatic hydroxyl groups is 1. The topological polar surface area (TPSA) is 49.0 Å². The summed E-state index contributed by atoms with van der Waals surface area (Å²) in [4.78, 5) is 0. The lowest BCUT2D eigenvalue weighted by Crippen LogP contribution is -2.51. The fourth-order valence-electron chi connectivity index (χ4n) is 5.52. The molecule has 3 nitrogen and oxygen atoms in total. The molecule has 4 heteroatoms. The van der Waals surface area contributed by atoms with Crippen LogP contribution in [0.25, 0.3) is 10.9 Å². The van der Waals surface area contributed by atoms with Crippen molar-refractivity contribution in [3.05, 3.63) is 71.4 Å². The van der Waals surface area contributed by atoms with Crippen LogP contribution in [0.2, 0.25) is 16.6 Å². The van der Waals surface area contributed by atoms with E-state index in [0.717, 1.165) is 10.9 Å². The molecule has 0 spiro atoms. The highest BCUT2D eigenvalue weighted by Crippen LogP contribution is 2.44. The molecule has 0 amide bonds. The van der Waals surface area contributed by atoms with Crippen molar-refractivity contribution in [2.75, 3.05) is 0 Å². The smallest absolute Gasteiger partial charge is 0.169 e. The Morgan fingerprint density at radius 2 is 1.52 bits per heavy atom. The fraction of sp³-hybridized carbons (Fsp3) is 0.400. The van der Waals surface area contributed by atoms with Gasteiger partial charge in [0.15, 0.2) is 8.24 Å². The van der Waals surface area contributed by atoms with Gasteiger partial charge < -0.3 is 9.34 Å². The average Bonchev–Trinajstić information content (AvgIpc) is 3.10. The van der Waals surface area contributed by atoms with Gasteiger partial charge in [-0.25, -0.2) is 0 Å². The molecule has 1 heterocycles. The standard InChI is InChI=1S/C25H32N2OSi/c1-17(2)29(18(3)4,19(5)6)27-14-13-20-15-21(11-12-24(20)27)25(28)23-10-8-7-9-22(23)16-26/h7-15,17-19,25,28H,1-6H3. The van der Waals surface area contributed by atoms with Crippen LogP contribution in [0, 0.1) is 11.3 Å². The van der Waals surface area contributed by atoms with Gasteiger partial charge in [-0.1, -0.05) is 65.8 Å². The van der Waals surface area contributed by atoms with E-state index >= 15 is 0 Å². The molecule has 1 atom stereocenters. The van der Waals surface area contributed by atoms with E-state index in [-0.39, 0.29) is 0 Å². The van der Waals surface area contributed by atoms with Crippen molar-refractivity contribution < 1.29 is 5.11 Å². The van der Waals surface area contributed by atoms with Crippen LogP contribution in [0.4, 0.5) is 0 Å². The number of hydrogen-bond acceptors (Lipinski definition) is 2. The van der Waals surface area contributed by atoms with Gasteiger partial charge in [-0.3, -0.25) is 0 Å². The van der Waals surface area contributed by atoms with Gasteiger partial charge in [-0.2, -0.15) is 5.26 Å². The van der Waals surface area contributed by atoms with Crippen LogP contribution in [0.15, 0.2) is 54.7 Å². The molecule has 0 aliphatic carbocycles. The highest BCUT2D eigenvalue weighted by Gasteiger charge is 2.45. The molecule has 3 aromatic rings. The molecule has 29 heavy (non-hydrogen) atoms. The molecule has 0 aliphatic rings. The Morgan fingerprint density at radius 3 is 2.10 bits per heavy atom. The highest BCUT2D eigenvalue weighted by molar-refractivity contribution is 6.82. The molecule has 0 aliphatic heterocycles. The minimum atomic E-state index is -1.83. The second-order valence-corrected chi connectivity index (χ2v) is 14.7. The predicted octanol–water partition coefficient (Wildman–Crippen LogP) is 6.62. The van der Waals surface area contributed by atoms with Crippen molar-refractivity contribution in [3.8, 4) is 6.07 Å². The van der Waals surface area contributed by atoms with Crippen molar-refractivity contribution in [2.24, 2.45) is 0 Å². The van der Waals surface area contributed by atoms with Gasteiger partial charge in [0.05, 0.1) is 11.6 Å². The summed E-state index contributed by atoms with van der Waals surface area (Å²) in [6.45, 7) is 14.2. The number of rotatable bonds is 6. The lowest BCUT2D eigenvalue weighted by Gasteiger charge is -2.44. The molecule has 2 aromatic carbocycles. The van der Waals surface area contributed by atoms with Crippen LogP contribution < -0.4 is 0 Å². The molecule has 1 aromatic heterocycles. The molecule has 152 valence electrons. The maximum Gasteiger partial charge on any atom is 0.169 e. The summed E-state index contributed by atoms with van der Waals surface area (Å²) in [6.07, 6.45) is 1.46.